The molecule has 19 heavy (non-hydrogen) atoms. The highest BCUT2D eigenvalue weighted by molar-refractivity contribution is 7.16. The topological polar surface area (TPSA) is 24.5 Å². The average molecular weight is 305 g/mol. The van der Waals surface area contributed by atoms with Crippen LogP contribution in [0.4, 0.5) is 0 Å². The normalized spacial score (nSPS) is 13.1. The molecule has 0 aliphatic heterocycles. The summed E-state index contributed by atoms with van der Waals surface area (Å²) in [6, 6.07) is 4.57. The molecule has 0 saturated heterocycles. The van der Waals surface area contributed by atoms with Crippen LogP contribution in [0.1, 0.15) is 25.1 Å². The van der Waals surface area contributed by atoms with Gasteiger partial charge in [-0.25, -0.2) is 0 Å². The summed E-state index contributed by atoms with van der Waals surface area (Å²) in [5.74, 6) is 0. The molecule has 0 radical (unpaired) electrons. The highest BCUT2D eigenvalue weighted by atomic mass is 35.5. The van der Waals surface area contributed by atoms with Crippen molar-refractivity contribution in [2.75, 3.05) is 33.4 Å². The fraction of sp³-hybridized carbons (Fsp3) is 0.714. The molecule has 0 aliphatic carbocycles. The fourth-order valence-corrected chi connectivity index (χ4v) is 2.90. The molecule has 1 aromatic rings. The molecule has 1 heterocycles. The molecule has 0 aliphatic rings. The number of hydrogen-bond acceptors (Lipinski definition) is 4. The van der Waals surface area contributed by atoms with Gasteiger partial charge in [0.15, 0.2) is 0 Å². The van der Waals surface area contributed by atoms with Crippen molar-refractivity contribution in [3.8, 4) is 0 Å². The molecule has 1 N–H and O–H groups in total. The first-order valence-electron chi connectivity index (χ1n) is 6.86. The number of ether oxygens (including phenoxy) is 1. The van der Waals surface area contributed by atoms with Crippen LogP contribution in [-0.4, -0.2) is 44.3 Å². The first-order valence-corrected chi connectivity index (χ1v) is 8.05. The maximum atomic E-state index is 5.94. The van der Waals surface area contributed by atoms with Crippen LogP contribution in [0.15, 0.2) is 12.1 Å². The summed E-state index contributed by atoms with van der Waals surface area (Å²) >= 11 is 7.60. The molecule has 0 spiro atoms. The average Bonchev–Trinajstić information content (AvgIpc) is 2.78. The quantitative estimate of drug-likeness (QED) is 0.672. The minimum absolute atomic E-state index is 0.507. The predicted octanol–water partition coefficient (Wildman–Crippen LogP) is 3.24. The standard InChI is InChI=1S/C14H25ClN2OS/c1-4-18-9-5-8-16-10-12(2)17(3)11-13-6-7-14(15)19-13/h6-7,12,16H,4-5,8-11H2,1-3H3. The largest absolute Gasteiger partial charge is 0.382 e. The SMILES string of the molecule is CCOCCCNCC(C)N(C)Cc1ccc(Cl)s1. The molecule has 1 unspecified atom stereocenters. The number of thiophene rings is 1. The summed E-state index contributed by atoms with van der Waals surface area (Å²) in [6.07, 6.45) is 1.07. The van der Waals surface area contributed by atoms with Gasteiger partial charge in [-0.05, 0) is 46.0 Å². The van der Waals surface area contributed by atoms with Gasteiger partial charge in [0.25, 0.3) is 0 Å². The van der Waals surface area contributed by atoms with Gasteiger partial charge in [-0.3, -0.25) is 4.90 Å². The second-order valence-corrected chi connectivity index (χ2v) is 6.52. The Morgan fingerprint density at radius 3 is 2.89 bits per heavy atom. The summed E-state index contributed by atoms with van der Waals surface area (Å²) in [6.45, 7) is 8.90. The first-order chi connectivity index (χ1) is 9.13. The molecule has 0 aromatic carbocycles. The van der Waals surface area contributed by atoms with Gasteiger partial charge in [-0.15, -0.1) is 11.3 Å². The maximum absolute atomic E-state index is 5.94. The Kier molecular flexibility index (Phi) is 8.66. The van der Waals surface area contributed by atoms with E-state index in [0.717, 1.165) is 43.6 Å². The number of nitrogens with zero attached hydrogens (tertiary/aromatic N) is 1. The van der Waals surface area contributed by atoms with Crippen molar-refractivity contribution in [3.05, 3.63) is 21.3 Å². The second-order valence-electron chi connectivity index (χ2n) is 4.72. The van der Waals surface area contributed by atoms with Crippen molar-refractivity contribution < 1.29 is 4.74 Å². The molecular weight excluding hydrogens is 280 g/mol. The van der Waals surface area contributed by atoms with Crippen molar-refractivity contribution in [1.29, 1.82) is 0 Å². The Hall–Kier alpha value is -0.130. The van der Waals surface area contributed by atoms with Crippen molar-refractivity contribution in [2.24, 2.45) is 0 Å². The lowest BCUT2D eigenvalue weighted by atomic mass is 10.2. The van der Waals surface area contributed by atoms with Gasteiger partial charge in [0, 0.05) is 37.2 Å². The number of hydrogen-bond donors (Lipinski definition) is 1. The van der Waals surface area contributed by atoms with E-state index in [2.05, 4.69) is 30.3 Å². The highest BCUT2D eigenvalue weighted by Gasteiger charge is 2.10. The molecule has 0 amide bonds. The fourth-order valence-electron chi connectivity index (χ4n) is 1.75. The van der Waals surface area contributed by atoms with Crippen LogP contribution in [-0.2, 0) is 11.3 Å². The third kappa shape index (κ3) is 7.28. The van der Waals surface area contributed by atoms with Gasteiger partial charge in [-0.1, -0.05) is 11.6 Å². The van der Waals surface area contributed by atoms with Crippen LogP contribution in [0.5, 0.6) is 0 Å². The van der Waals surface area contributed by atoms with Crippen LogP contribution in [0.3, 0.4) is 0 Å². The number of likely N-dealkylation sites (N-methyl/N-ethyl adjacent to an activating group) is 1. The number of rotatable bonds is 10. The molecule has 1 rings (SSSR count). The summed E-state index contributed by atoms with van der Waals surface area (Å²) < 4.78 is 6.17. The molecule has 5 heteroatoms. The first kappa shape index (κ1) is 16.9. The van der Waals surface area contributed by atoms with Crippen molar-refractivity contribution in [1.82, 2.24) is 10.2 Å². The Balaban J connectivity index is 2.12. The molecule has 1 aromatic heterocycles. The molecule has 0 saturated carbocycles. The van der Waals surface area contributed by atoms with E-state index in [1.165, 1.54) is 4.88 Å². The van der Waals surface area contributed by atoms with Gasteiger partial charge in [-0.2, -0.15) is 0 Å². The molecule has 0 bridgehead atoms. The van der Waals surface area contributed by atoms with Gasteiger partial charge in [0.1, 0.15) is 0 Å². The number of nitrogens with one attached hydrogen (secondary N) is 1. The van der Waals surface area contributed by atoms with E-state index in [-0.39, 0.29) is 0 Å². The summed E-state index contributed by atoms with van der Waals surface area (Å²) in [5.41, 5.74) is 0. The molecule has 1 atom stereocenters. The molecule has 0 fully saturated rings. The zero-order valence-corrected chi connectivity index (χ0v) is 13.7. The summed E-state index contributed by atoms with van der Waals surface area (Å²) in [4.78, 5) is 3.66. The van der Waals surface area contributed by atoms with Gasteiger partial charge in [0.05, 0.1) is 4.34 Å². The van der Waals surface area contributed by atoms with Crippen LogP contribution >= 0.6 is 22.9 Å². The van der Waals surface area contributed by atoms with Crippen LogP contribution in [0.25, 0.3) is 0 Å². The van der Waals surface area contributed by atoms with E-state index in [1.54, 1.807) is 11.3 Å². The third-order valence-corrected chi connectivity index (χ3v) is 4.29. The smallest absolute Gasteiger partial charge is 0.0931 e. The monoisotopic (exact) mass is 304 g/mol. The lowest BCUT2D eigenvalue weighted by molar-refractivity contribution is 0.144. The third-order valence-electron chi connectivity index (χ3n) is 3.07. The van der Waals surface area contributed by atoms with Crippen molar-refractivity contribution >= 4 is 22.9 Å². The van der Waals surface area contributed by atoms with Gasteiger partial charge < -0.3 is 10.1 Å². The summed E-state index contributed by atoms with van der Waals surface area (Å²) in [5, 5.41) is 3.47. The molecule has 110 valence electrons. The van der Waals surface area contributed by atoms with Gasteiger partial charge >= 0.3 is 0 Å². The number of halogens is 1. The minimum atomic E-state index is 0.507. The van der Waals surface area contributed by atoms with Crippen LogP contribution in [0, 0.1) is 0 Å². The second kappa shape index (κ2) is 9.72. The van der Waals surface area contributed by atoms with Gasteiger partial charge in [0.2, 0.25) is 0 Å². The Morgan fingerprint density at radius 1 is 1.47 bits per heavy atom. The maximum Gasteiger partial charge on any atom is 0.0931 e. The van der Waals surface area contributed by atoms with Crippen LogP contribution < -0.4 is 5.32 Å². The zero-order valence-electron chi connectivity index (χ0n) is 12.1. The lowest BCUT2D eigenvalue weighted by Crippen LogP contribution is -2.37. The Bertz CT molecular complexity index is 346. The van der Waals surface area contributed by atoms with E-state index in [4.69, 9.17) is 16.3 Å². The molecular formula is C14H25ClN2OS. The van der Waals surface area contributed by atoms with Crippen LogP contribution in [0.2, 0.25) is 4.34 Å². The Labute approximate surface area is 125 Å². The lowest BCUT2D eigenvalue weighted by Gasteiger charge is -2.24. The van der Waals surface area contributed by atoms with E-state index in [0.29, 0.717) is 6.04 Å². The summed E-state index contributed by atoms with van der Waals surface area (Å²) in [7, 11) is 2.15. The highest BCUT2D eigenvalue weighted by Crippen LogP contribution is 2.22. The van der Waals surface area contributed by atoms with E-state index < -0.39 is 0 Å². The zero-order chi connectivity index (χ0) is 14.1. The van der Waals surface area contributed by atoms with E-state index in [9.17, 15) is 0 Å². The Morgan fingerprint density at radius 2 is 2.26 bits per heavy atom. The van der Waals surface area contributed by atoms with Crippen molar-refractivity contribution in [3.63, 3.8) is 0 Å². The molecule has 3 nitrogen and oxygen atoms in total. The predicted molar refractivity (Wildman–Crippen MR) is 84.2 cm³/mol. The van der Waals surface area contributed by atoms with E-state index in [1.807, 2.05) is 13.0 Å². The van der Waals surface area contributed by atoms with E-state index >= 15 is 0 Å². The minimum Gasteiger partial charge on any atom is -0.382 e. The van der Waals surface area contributed by atoms with Crippen molar-refractivity contribution in [2.45, 2.75) is 32.9 Å².